The molecule has 0 atom stereocenters. The Morgan fingerprint density at radius 3 is 2.50 bits per heavy atom. The first kappa shape index (κ1) is 21.4. The Bertz CT molecular complexity index is 1420. The van der Waals surface area contributed by atoms with Crippen molar-refractivity contribution in [2.24, 2.45) is 0 Å². The highest BCUT2D eigenvalue weighted by Gasteiger charge is 2.35. The maximum absolute atomic E-state index is 6.40. The lowest BCUT2D eigenvalue weighted by Gasteiger charge is -2.42. The third kappa shape index (κ3) is 3.70. The first-order valence-corrected chi connectivity index (χ1v) is 13.2. The fourth-order valence-electron chi connectivity index (χ4n) is 6.15. The number of nitrogens with one attached hydrogen (secondary N) is 1. The number of anilines is 4. The van der Waals surface area contributed by atoms with Crippen LogP contribution in [0.4, 0.5) is 23.3 Å². The number of piperidine rings is 1. The number of nitrogen functional groups attached to an aromatic ring is 1. The van der Waals surface area contributed by atoms with Crippen molar-refractivity contribution in [2.45, 2.75) is 50.9 Å². The van der Waals surface area contributed by atoms with Crippen molar-refractivity contribution in [1.82, 2.24) is 19.7 Å². The Balaban J connectivity index is 1.27. The largest absolute Gasteiger partial charge is 0.370 e. The van der Waals surface area contributed by atoms with E-state index < -0.39 is 0 Å². The maximum Gasteiger partial charge on any atom is 0.248 e. The minimum absolute atomic E-state index is 0.333. The quantitative estimate of drug-likeness (QED) is 0.371. The van der Waals surface area contributed by atoms with E-state index in [9.17, 15) is 0 Å². The molecule has 7 heteroatoms. The van der Waals surface area contributed by atoms with Gasteiger partial charge in [0.25, 0.3) is 0 Å². The molecule has 0 spiro atoms. The second-order valence-electron chi connectivity index (χ2n) is 10.3. The second kappa shape index (κ2) is 8.66. The summed E-state index contributed by atoms with van der Waals surface area (Å²) < 4.78 is 1.68. The van der Waals surface area contributed by atoms with Crippen molar-refractivity contribution in [3.05, 3.63) is 71.4 Å². The normalized spacial score (nSPS) is 16.9. The average Bonchev–Trinajstić information content (AvgIpc) is 3.13. The highest BCUT2D eigenvalue weighted by molar-refractivity contribution is 5.83. The monoisotopic (exact) mass is 477 g/mol. The number of hydrogen-bond donors (Lipinski definition) is 2. The van der Waals surface area contributed by atoms with Crippen molar-refractivity contribution < 1.29 is 0 Å². The minimum atomic E-state index is 0.333. The van der Waals surface area contributed by atoms with Crippen molar-refractivity contribution >= 4 is 23.3 Å². The van der Waals surface area contributed by atoms with E-state index in [2.05, 4.69) is 69.8 Å². The van der Waals surface area contributed by atoms with Crippen LogP contribution < -0.4 is 16.0 Å². The van der Waals surface area contributed by atoms with Crippen LogP contribution in [-0.2, 0) is 12.8 Å². The van der Waals surface area contributed by atoms with Gasteiger partial charge in [0.15, 0.2) is 5.82 Å². The van der Waals surface area contributed by atoms with Gasteiger partial charge in [-0.25, -0.2) is 4.98 Å². The zero-order valence-corrected chi connectivity index (χ0v) is 20.5. The van der Waals surface area contributed by atoms with Gasteiger partial charge in [-0.05, 0) is 73.4 Å². The van der Waals surface area contributed by atoms with Crippen LogP contribution in [0.2, 0.25) is 0 Å². The van der Waals surface area contributed by atoms with Gasteiger partial charge in [0.2, 0.25) is 11.9 Å². The lowest BCUT2D eigenvalue weighted by atomic mass is 9.84. The van der Waals surface area contributed by atoms with Gasteiger partial charge in [-0.3, -0.25) is 0 Å². The first-order chi connectivity index (χ1) is 17.7. The van der Waals surface area contributed by atoms with E-state index in [0.29, 0.717) is 17.8 Å². The highest BCUT2D eigenvalue weighted by atomic mass is 15.4. The maximum atomic E-state index is 6.40. The van der Waals surface area contributed by atoms with E-state index in [-0.39, 0.29) is 0 Å². The molecule has 5 heterocycles. The summed E-state index contributed by atoms with van der Waals surface area (Å²) in [5, 5.41) is 8.13. The molecule has 4 aromatic rings. The minimum Gasteiger partial charge on any atom is -0.370 e. The van der Waals surface area contributed by atoms with E-state index in [0.717, 1.165) is 43.9 Å². The van der Waals surface area contributed by atoms with Crippen LogP contribution in [0, 0.1) is 0 Å². The van der Waals surface area contributed by atoms with E-state index >= 15 is 0 Å². The van der Waals surface area contributed by atoms with Crippen LogP contribution in [0.25, 0.3) is 16.9 Å². The molecule has 2 bridgehead atoms. The van der Waals surface area contributed by atoms with Gasteiger partial charge in [-0.2, -0.15) is 9.67 Å². The lowest BCUT2D eigenvalue weighted by molar-refractivity contribution is 0.463. The third-order valence-corrected chi connectivity index (χ3v) is 7.99. The van der Waals surface area contributed by atoms with Crippen LogP contribution in [0.5, 0.6) is 0 Å². The molecule has 0 radical (unpaired) electrons. The predicted molar refractivity (Wildman–Crippen MR) is 144 cm³/mol. The van der Waals surface area contributed by atoms with E-state index in [1.807, 2.05) is 0 Å². The summed E-state index contributed by atoms with van der Waals surface area (Å²) in [6.45, 7) is 2.19. The van der Waals surface area contributed by atoms with Crippen molar-refractivity contribution in [2.75, 3.05) is 29.0 Å². The molecule has 2 aromatic carbocycles. The molecule has 36 heavy (non-hydrogen) atoms. The molecule has 182 valence electrons. The fourth-order valence-corrected chi connectivity index (χ4v) is 6.15. The van der Waals surface area contributed by atoms with Gasteiger partial charge in [0, 0.05) is 30.3 Å². The van der Waals surface area contributed by atoms with Crippen LogP contribution in [0.1, 0.15) is 54.8 Å². The average molecular weight is 478 g/mol. The Kier molecular flexibility index (Phi) is 5.15. The standard InChI is InChI=1S/C29H31N7/c30-28-33-29(31-23-12-11-19-7-3-1-6-10-22(19)17-23)34-36(28)25-18-24(20-8-4-2-5-9-20)27-26(32-25)21-13-15-35(27)16-14-21/h2,4-5,8-9,11-12,17-18,21H,1,3,6-7,10,13-16H2,(H3,30,31,33,34). The Morgan fingerprint density at radius 1 is 0.861 bits per heavy atom. The number of pyridine rings is 1. The molecule has 0 saturated carbocycles. The Hall–Kier alpha value is -3.87. The number of fused-ring (bicyclic) bond motifs is 3. The number of nitrogens with zero attached hydrogens (tertiary/aromatic N) is 5. The summed E-state index contributed by atoms with van der Waals surface area (Å²) >= 11 is 0. The van der Waals surface area contributed by atoms with Crippen molar-refractivity contribution in [1.29, 1.82) is 0 Å². The first-order valence-electron chi connectivity index (χ1n) is 13.2. The van der Waals surface area contributed by atoms with Crippen LogP contribution >= 0.6 is 0 Å². The SMILES string of the molecule is Nc1nc(Nc2ccc3c(c2)CCCCC3)nn1-c1cc(-c2ccccc2)c2c(n1)C1CCN2CC1. The summed E-state index contributed by atoms with van der Waals surface area (Å²) in [6.07, 6.45) is 8.43. The number of aromatic nitrogens is 4. The molecule has 3 aliphatic heterocycles. The predicted octanol–water partition coefficient (Wildman–Crippen LogP) is 5.62. The van der Waals surface area contributed by atoms with Crippen molar-refractivity contribution in [3.63, 3.8) is 0 Å². The van der Waals surface area contributed by atoms with Gasteiger partial charge < -0.3 is 16.0 Å². The van der Waals surface area contributed by atoms with Gasteiger partial charge in [-0.1, -0.05) is 42.8 Å². The number of rotatable bonds is 4. The second-order valence-corrected chi connectivity index (χ2v) is 10.3. The third-order valence-electron chi connectivity index (χ3n) is 7.99. The topological polar surface area (TPSA) is 84.9 Å². The number of benzene rings is 2. The summed E-state index contributed by atoms with van der Waals surface area (Å²) in [6, 6.07) is 19.3. The molecule has 3 N–H and O–H groups in total. The Labute approximate surface area is 211 Å². The molecule has 4 aliphatic rings. The molecule has 1 fully saturated rings. The Morgan fingerprint density at radius 2 is 1.67 bits per heavy atom. The van der Waals surface area contributed by atoms with Gasteiger partial charge in [0.05, 0.1) is 11.4 Å². The van der Waals surface area contributed by atoms with Gasteiger partial charge in [-0.15, -0.1) is 5.10 Å². The van der Waals surface area contributed by atoms with E-state index in [1.54, 1.807) is 4.68 Å². The van der Waals surface area contributed by atoms with E-state index in [4.69, 9.17) is 15.8 Å². The summed E-state index contributed by atoms with van der Waals surface area (Å²) in [4.78, 5) is 12.1. The number of hydrogen-bond acceptors (Lipinski definition) is 6. The van der Waals surface area contributed by atoms with E-state index in [1.165, 1.54) is 59.3 Å². The lowest BCUT2D eigenvalue weighted by Crippen LogP contribution is -2.40. The zero-order chi connectivity index (χ0) is 24.1. The molecule has 1 aliphatic carbocycles. The molecule has 7 nitrogen and oxygen atoms in total. The summed E-state index contributed by atoms with van der Waals surface area (Å²) in [5.41, 5.74) is 15.1. The molecular weight excluding hydrogens is 446 g/mol. The molecule has 0 unspecified atom stereocenters. The van der Waals surface area contributed by atoms with Crippen LogP contribution in [-0.4, -0.2) is 32.8 Å². The molecule has 0 amide bonds. The fraction of sp³-hybridized carbons (Fsp3) is 0.345. The van der Waals surface area contributed by atoms with Crippen LogP contribution in [0.3, 0.4) is 0 Å². The van der Waals surface area contributed by atoms with Crippen LogP contribution in [0.15, 0.2) is 54.6 Å². The molecular formula is C29H31N7. The van der Waals surface area contributed by atoms with Gasteiger partial charge in [0.1, 0.15) is 0 Å². The molecule has 1 saturated heterocycles. The number of aryl methyl sites for hydroxylation is 2. The molecule has 8 rings (SSSR count). The number of nitrogens with two attached hydrogens (primary N) is 1. The van der Waals surface area contributed by atoms with Crippen molar-refractivity contribution in [3.8, 4) is 16.9 Å². The summed E-state index contributed by atoms with van der Waals surface area (Å²) in [5.74, 6) is 2.03. The zero-order valence-electron chi connectivity index (χ0n) is 20.5. The smallest absolute Gasteiger partial charge is 0.248 e. The summed E-state index contributed by atoms with van der Waals surface area (Å²) in [7, 11) is 0. The highest BCUT2D eigenvalue weighted by Crippen LogP contribution is 2.46. The van der Waals surface area contributed by atoms with Gasteiger partial charge >= 0.3 is 0 Å². The molecule has 2 aromatic heterocycles.